The lowest BCUT2D eigenvalue weighted by Crippen LogP contribution is -2.29. The van der Waals surface area contributed by atoms with Gasteiger partial charge in [0.1, 0.15) is 0 Å². The molecule has 6 heteroatoms. The molecule has 0 saturated carbocycles. The van der Waals surface area contributed by atoms with E-state index in [4.69, 9.17) is 0 Å². The maximum Gasteiger partial charge on any atom is 0.263 e. The molecule has 1 aromatic rings. The zero-order valence-corrected chi connectivity index (χ0v) is 9.96. The molecule has 0 fully saturated rings. The van der Waals surface area contributed by atoms with Crippen molar-refractivity contribution in [1.82, 2.24) is 9.29 Å². The minimum atomic E-state index is -3.88. The van der Waals surface area contributed by atoms with Crippen LogP contribution in [0.2, 0.25) is 0 Å². The van der Waals surface area contributed by atoms with Crippen LogP contribution in [-0.4, -0.2) is 31.3 Å². The zero-order chi connectivity index (χ0) is 12.3. The average Bonchev–Trinajstić information content (AvgIpc) is 2.16. The van der Waals surface area contributed by atoms with Gasteiger partial charge in [-0.3, -0.25) is 0 Å². The maximum absolute atomic E-state index is 13.3. The van der Waals surface area contributed by atoms with Gasteiger partial charge in [-0.1, -0.05) is 12.2 Å². The molecule has 1 heterocycles. The summed E-state index contributed by atoms with van der Waals surface area (Å²) in [5.41, 5.74) is 0.669. The maximum atomic E-state index is 13.3. The molecule has 0 unspecified atom stereocenters. The van der Waals surface area contributed by atoms with E-state index in [0.29, 0.717) is 5.57 Å². The van der Waals surface area contributed by atoms with Gasteiger partial charge >= 0.3 is 0 Å². The van der Waals surface area contributed by atoms with Crippen LogP contribution >= 0.6 is 0 Å². The summed E-state index contributed by atoms with van der Waals surface area (Å²) in [5.74, 6) is -0.851. The number of nitrogens with zero attached hydrogens (tertiary/aromatic N) is 2. The van der Waals surface area contributed by atoms with Crippen LogP contribution in [0.4, 0.5) is 4.39 Å². The Bertz CT molecular complexity index is 499. The van der Waals surface area contributed by atoms with Crippen LogP contribution in [0.25, 0.3) is 0 Å². The van der Waals surface area contributed by atoms with Gasteiger partial charge in [0.2, 0.25) is 5.03 Å². The number of rotatable bonds is 4. The van der Waals surface area contributed by atoms with E-state index in [1.807, 2.05) is 0 Å². The van der Waals surface area contributed by atoms with Gasteiger partial charge in [-0.25, -0.2) is 17.8 Å². The lowest BCUT2D eigenvalue weighted by atomic mass is 10.4. The van der Waals surface area contributed by atoms with Gasteiger partial charge in [-0.2, -0.15) is 4.31 Å². The minimum absolute atomic E-state index is 0.137. The van der Waals surface area contributed by atoms with Crippen molar-refractivity contribution in [2.75, 3.05) is 13.6 Å². The molecule has 4 nitrogen and oxygen atoms in total. The fraction of sp³-hybridized carbons (Fsp3) is 0.300. The van der Waals surface area contributed by atoms with Gasteiger partial charge in [0.15, 0.2) is 5.82 Å². The van der Waals surface area contributed by atoms with Crippen LogP contribution in [0.1, 0.15) is 6.92 Å². The highest BCUT2D eigenvalue weighted by Gasteiger charge is 2.25. The van der Waals surface area contributed by atoms with Gasteiger partial charge in [-0.05, 0) is 19.1 Å². The lowest BCUT2D eigenvalue weighted by molar-refractivity contribution is 0.477. The number of likely N-dealkylation sites (N-methyl/N-ethyl adjacent to an activating group) is 1. The Hall–Kier alpha value is -1.27. The summed E-state index contributed by atoms with van der Waals surface area (Å²) in [6.45, 7) is 5.44. The largest absolute Gasteiger partial charge is 0.263 e. The Morgan fingerprint density at radius 2 is 2.25 bits per heavy atom. The molecule has 88 valence electrons. The summed E-state index contributed by atoms with van der Waals surface area (Å²) in [6.07, 6.45) is 1.24. The van der Waals surface area contributed by atoms with Crippen molar-refractivity contribution in [2.45, 2.75) is 11.9 Å². The molecule has 1 aromatic heterocycles. The van der Waals surface area contributed by atoms with E-state index in [2.05, 4.69) is 11.6 Å². The molecule has 0 radical (unpaired) electrons. The van der Waals surface area contributed by atoms with Gasteiger partial charge < -0.3 is 0 Å². The van der Waals surface area contributed by atoms with E-state index in [1.165, 1.54) is 19.3 Å². The Morgan fingerprint density at radius 3 is 2.75 bits per heavy atom. The third-order valence-corrected chi connectivity index (χ3v) is 3.61. The monoisotopic (exact) mass is 244 g/mol. The molecule has 0 amide bonds. The quantitative estimate of drug-likeness (QED) is 0.753. The van der Waals surface area contributed by atoms with Crippen LogP contribution in [-0.2, 0) is 10.0 Å². The first kappa shape index (κ1) is 12.8. The van der Waals surface area contributed by atoms with Crippen LogP contribution in [0.5, 0.6) is 0 Å². The predicted molar refractivity (Wildman–Crippen MR) is 58.8 cm³/mol. The summed E-state index contributed by atoms with van der Waals surface area (Å²) >= 11 is 0. The second-order valence-electron chi connectivity index (χ2n) is 3.51. The number of hydrogen-bond donors (Lipinski definition) is 0. The molecule has 0 aliphatic rings. The molecule has 16 heavy (non-hydrogen) atoms. The molecular formula is C10H13FN2O2S. The Balaban J connectivity index is 3.12. The van der Waals surface area contributed by atoms with Gasteiger partial charge in [0, 0.05) is 19.8 Å². The number of sulfonamides is 1. The molecule has 0 atom stereocenters. The second-order valence-corrected chi connectivity index (χ2v) is 5.47. The fourth-order valence-electron chi connectivity index (χ4n) is 1.17. The molecule has 0 aromatic carbocycles. The molecular weight excluding hydrogens is 231 g/mol. The SMILES string of the molecule is C=C(C)CN(C)S(=O)(=O)c1ncccc1F. The smallest absolute Gasteiger partial charge is 0.241 e. The van der Waals surface area contributed by atoms with Crippen molar-refractivity contribution < 1.29 is 12.8 Å². The summed E-state index contributed by atoms with van der Waals surface area (Å²) in [4.78, 5) is 3.54. The third kappa shape index (κ3) is 2.65. The van der Waals surface area contributed by atoms with Crippen LogP contribution in [0.15, 0.2) is 35.5 Å². The second kappa shape index (κ2) is 4.71. The van der Waals surface area contributed by atoms with Crippen molar-refractivity contribution >= 4 is 10.0 Å². The lowest BCUT2D eigenvalue weighted by Gasteiger charge is -2.16. The molecule has 0 spiro atoms. The van der Waals surface area contributed by atoms with Crippen LogP contribution < -0.4 is 0 Å². The van der Waals surface area contributed by atoms with Crippen molar-refractivity contribution in [1.29, 1.82) is 0 Å². The highest BCUT2D eigenvalue weighted by atomic mass is 32.2. The minimum Gasteiger partial charge on any atom is -0.241 e. The average molecular weight is 244 g/mol. The van der Waals surface area contributed by atoms with Gasteiger partial charge in [-0.15, -0.1) is 0 Å². The Morgan fingerprint density at radius 1 is 1.62 bits per heavy atom. The van der Waals surface area contributed by atoms with Crippen molar-refractivity contribution in [3.05, 3.63) is 36.3 Å². The van der Waals surface area contributed by atoms with Crippen molar-refractivity contribution in [2.24, 2.45) is 0 Å². The molecule has 0 aliphatic heterocycles. The topological polar surface area (TPSA) is 50.3 Å². The Labute approximate surface area is 94.5 Å². The van der Waals surface area contributed by atoms with E-state index in [0.717, 1.165) is 10.4 Å². The summed E-state index contributed by atoms with van der Waals surface area (Å²) in [6, 6.07) is 2.40. The highest BCUT2D eigenvalue weighted by molar-refractivity contribution is 7.89. The first-order valence-electron chi connectivity index (χ1n) is 4.57. The normalized spacial score (nSPS) is 11.8. The Kier molecular flexibility index (Phi) is 3.77. The fourth-order valence-corrected chi connectivity index (χ4v) is 2.37. The van der Waals surface area contributed by atoms with E-state index in [-0.39, 0.29) is 6.54 Å². The zero-order valence-electron chi connectivity index (χ0n) is 9.14. The van der Waals surface area contributed by atoms with Crippen LogP contribution in [0.3, 0.4) is 0 Å². The molecule has 0 aliphatic carbocycles. The highest BCUT2D eigenvalue weighted by Crippen LogP contribution is 2.15. The number of hydrogen-bond acceptors (Lipinski definition) is 3. The molecule has 1 rings (SSSR count). The molecule has 0 saturated heterocycles. The first-order chi connectivity index (χ1) is 7.35. The summed E-state index contributed by atoms with van der Waals surface area (Å²) < 4.78 is 38.0. The van der Waals surface area contributed by atoms with Gasteiger partial charge in [0.25, 0.3) is 10.0 Å². The van der Waals surface area contributed by atoms with E-state index in [9.17, 15) is 12.8 Å². The third-order valence-electron chi connectivity index (χ3n) is 1.87. The standard InChI is InChI=1S/C10H13FN2O2S/c1-8(2)7-13(3)16(14,15)10-9(11)5-4-6-12-10/h4-6H,1,7H2,2-3H3. The molecule has 0 N–H and O–H groups in total. The number of halogens is 1. The van der Waals surface area contributed by atoms with Crippen LogP contribution in [0, 0.1) is 5.82 Å². The first-order valence-corrected chi connectivity index (χ1v) is 6.01. The van der Waals surface area contributed by atoms with Crippen molar-refractivity contribution in [3.63, 3.8) is 0 Å². The van der Waals surface area contributed by atoms with E-state index >= 15 is 0 Å². The van der Waals surface area contributed by atoms with E-state index < -0.39 is 20.9 Å². The number of pyridine rings is 1. The van der Waals surface area contributed by atoms with Crippen molar-refractivity contribution in [3.8, 4) is 0 Å². The van der Waals surface area contributed by atoms with E-state index in [1.54, 1.807) is 6.92 Å². The summed E-state index contributed by atoms with van der Waals surface area (Å²) in [7, 11) is -2.52. The van der Waals surface area contributed by atoms with Gasteiger partial charge in [0.05, 0.1) is 0 Å². The number of aromatic nitrogens is 1. The summed E-state index contributed by atoms with van der Waals surface area (Å²) in [5, 5.41) is -0.557. The molecule has 0 bridgehead atoms. The predicted octanol–water partition coefficient (Wildman–Crippen LogP) is 1.42.